The SMILES string of the molecule is C[C@@H]1C[C@H]2[C@@H]3CCC4=CC(=O)C=C[C@]4(C)[C@@]3(F)[C@@H](O)C[C@]2(C)[C@@]1(O)C(=O)CO.C[C@]12CC[C@@H]3c4ccc(OC(=O)N(CCCl)CCCl)cc4CC[C@H]3[C@@H]1CC[C@@H]2O. The third kappa shape index (κ3) is 6.48. The number of aliphatic hydroxyl groups is 4. The topological polar surface area (TPSA) is 145 Å². The van der Waals surface area contributed by atoms with E-state index in [2.05, 4.69) is 13.0 Å². The third-order valence-corrected chi connectivity index (χ3v) is 16.9. The van der Waals surface area contributed by atoms with Crippen molar-refractivity contribution in [3.63, 3.8) is 0 Å². The number of nitrogens with zero attached hydrogens (tertiary/aromatic N) is 1. The van der Waals surface area contributed by atoms with Gasteiger partial charge in [0.1, 0.15) is 18.0 Å². The summed E-state index contributed by atoms with van der Waals surface area (Å²) in [4.78, 5) is 38.4. The normalized spacial score (nSPS) is 42.5. The number of carbonyl (C=O) groups excluding carboxylic acids is 3. The predicted octanol–water partition coefficient (Wildman–Crippen LogP) is 7.08. The second-order valence-electron chi connectivity index (χ2n) is 18.9. The van der Waals surface area contributed by atoms with Gasteiger partial charge in [-0.25, -0.2) is 9.18 Å². The maximum absolute atomic E-state index is 16.9. The van der Waals surface area contributed by atoms with Crippen molar-refractivity contribution in [3.05, 3.63) is 53.1 Å². The third-order valence-electron chi connectivity index (χ3n) is 16.6. The standard InChI is InChI=1S/C23H31Cl2NO3.C22H29FO5/c1-23-9-8-18-17-5-3-16(29-22(28)26(12-10-24)13-11-25)14-15(17)2-4-19(18)20(23)6-7-21(23)27;1-12-8-16-15-5-4-13-9-14(25)6-7-19(13,2)21(15,23)17(26)10-20(16,3)22(12,28)18(27)11-24/h3,5,14,18-21,27H,2,4,6-13H2,1H3;6-7,9,12,15-17,24,26,28H,4-5,8,10-11H2,1-3H3/t18-,19-,20+,21+,23+;12-,15+,16+,17+,19+,20+,21+,22+/m11/s1. The molecule has 4 N–H and O–H groups in total. The van der Waals surface area contributed by atoms with Gasteiger partial charge in [0.15, 0.2) is 17.2 Å². The smallest absolute Gasteiger partial charge is 0.410 e. The summed E-state index contributed by atoms with van der Waals surface area (Å²) < 4.78 is 22.5. The van der Waals surface area contributed by atoms with E-state index in [-0.39, 0.29) is 29.6 Å². The van der Waals surface area contributed by atoms with Crippen molar-refractivity contribution in [2.75, 3.05) is 31.5 Å². The number of rotatable bonds is 7. The Morgan fingerprint density at radius 2 is 1.68 bits per heavy atom. The number of alkyl halides is 3. The molecule has 0 saturated heterocycles. The van der Waals surface area contributed by atoms with Crippen molar-refractivity contribution < 1.29 is 43.9 Å². The van der Waals surface area contributed by atoms with Crippen molar-refractivity contribution in [2.45, 2.75) is 121 Å². The van der Waals surface area contributed by atoms with Crippen molar-refractivity contribution in [1.82, 2.24) is 4.90 Å². The number of amides is 1. The highest BCUT2D eigenvalue weighted by Gasteiger charge is 2.75. The van der Waals surface area contributed by atoms with Crippen LogP contribution < -0.4 is 4.74 Å². The van der Waals surface area contributed by atoms with Crippen LogP contribution in [0.25, 0.3) is 0 Å². The Balaban J connectivity index is 0.000000174. The van der Waals surface area contributed by atoms with E-state index in [9.17, 15) is 34.8 Å². The molecule has 12 heteroatoms. The molecular formula is C45H60Cl2FNO8. The van der Waals surface area contributed by atoms with Crippen LogP contribution in [0.4, 0.5) is 9.18 Å². The minimum atomic E-state index is -1.98. The number of allylic oxidation sites excluding steroid dienone is 4. The fraction of sp³-hybridized carbons (Fsp3) is 0.711. The second-order valence-corrected chi connectivity index (χ2v) is 19.7. The Hall–Kier alpha value is -2.34. The molecular weight excluding hydrogens is 772 g/mol. The van der Waals surface area contributed by atoms with Crippen LogP contribution in [0, 0.1) is 45.8 Å². The summed E-state index contributed by atoms with van der Waals surface area (Å²) in [6.45, 7) is 7.63. The van der Waals surface area contributed by atoms with Crippen molar-refractivity contribution >= 4 is 40.9 Å². The predicted molar refractivity (Wildman–Crippen MR) is 216 cm³/mol. The molecule has 0 aliphatic heterocycles. The number of hydrogen-bond donors (Lipinski definition) is 4. The molecule has 7 aliphatic rings. The summed E-state index contributed by atoms with van der Waals surface area (Å²) in [5.74, 6) is 1.04. The second kappa shape index (κ2) is 15.6. The van der Waals surface area contributed by atoms with Crippen molar-refractivity contribution in [2.24, 2.45) is 45.8 Å². The first kappa shape index (κ1) is 42.8. The Morgan fingerprint density at radius 3 is 2.37 bits per heavy atom. The molecule has 9 nitrogen and oxygen atoms in total. The molecule has 5 saturated carbocycles. The van der Waals surface area contributed by atoms with Crippen LogP contribution in [0.15, 0.2) is 42.0 Å². The van der Waals surface area contributed by atoms with Gasteiger partial charge < -0.3 is 30.1 Å². The molecule has 0 heterocycles. The molecule has 0 aromatic heterocycles. The van der Waals surface area contributed by atoms with Crippen LogP contribution in [0.1, 0.15) is 103 Å². The molecule has 1 aromatic rings. The molecule has 5 fully saturated rings. The molecule has 13 atom stereocenters. The van der Waals surface area contributed by atoms with E-state index in [1.807, 2.05) is 12.1 Å². The van der Waals surface area contributed by atoms with Crippen LogP contribution in [-0.4, -0.2) is 97.9 Å². The fourth-order valence-corrected chi connectivity index (χ4v) is 13.9. The van der Waals surface area contributed by atoms with Gasteiger partial charge in [0.25, 0.3) is 0 Å². The highest BCUT2D eigenvalue weighted by Crippen LogP contribution is 2.71. The van der Waals surface area contributed by atoms with Gasteiger partial charge >= 0.3 is 6.09 Å². The fourth-order valence-electron chi connectivity index (χ4n) is 13.5. The zero-order valence-corrected chi connectivity index (χ0v) is 35.2. The maximum Gasteiger partial charge on any atom is 0.415 e. The largest absolute Gasteiger partial charge is 0.415 e. The Kier molecular flexibility index (Phi) is 11.7. The minimum Gasteiger partial charge on any atom is -0.410 e. The average molecular weight is 833 g/mol. The monoisotopic (exact) mass is 831 g/mol. The lowest BCUT2D eigenvalue weighted by molar-refractivity contribution is -0.219. The van der Waals surface area contributed by atoms with Crippen LogP contribution in [0.3, 0.4) is 0 Å². The Labute approximate surface area is 346 Å². The average Bonchev–Trinajstić information content (AvgIpc) is 3.60. The van der Waals surface area contributed by atoms with Gasteiger partial charge in [-0.2, -0.15) is 0 Å². The molecule has 1 amide bonds. The lowest BCUT2D eigenvalue weighted by Crippen LogP contribution is -2.69. The summed E-state index contributed by atoms with van der Waals surface area (Å²) >= 11 is 11.6. The zero-order chi connectivity index (χ0) is 41.3. The number of benzene rings is 1. The number of aryl methyl sites for hydroxylation is 1. The first-order chi connectivity index (χ1) is 26.9. The Morgan fingerprint density at radius 1 is 0.965 bits per heavy atom. The number of halogens is 3. The highest BCUT2D eigenvalue weighted by atomic mass is 35.5. The molecule has 1 aromatic carbocycles. The minimum absolute atomic E-state index is 0.0676. The molecule has 0 unspecified atom stereocenters. The van der Waals surface area contributed by atoms with Gasteiger partial charge in [-0.15, -0.1) is 23.2 Å². The van der Waals surface area contributed by atoms with E-state index >= 15 is 4.39 Å². The number of fused-ring (bicyclic) bond motifs is 10. The van der Waals surface area contributed by atoms with Gasteiger partial charge in [0.05, 0.1) is 12.2 Å². The summed E-state index contributed by atoms with van der Waals surface area (Å²) in [6.07, 6.45) is 10.4. The number of ketones is 2. The van der Waals surface area contributed by atoms with Gasteiger partial charge in [-0.1, -0.05) is 38.5 Å². The van der Waals surface area contributed by atoms with Gasteiger partial charge in [-0.3, -0.25) is 9.59 Å². The molecule has 0 spiro atoms. The number of aliphatic hydroxyl groups excluding tert-OH is 3. The number of carbonyl (C=O) groups is 3. The van der Waals surface area contributed by atoms with Crippen LogP contribution in [0.5, 0.6) is 5.75 Å². The molecule has 314 valence electrons. The molecule has 8 rings (SSSR count). The lowest BCUT2D eigenvalue weighted by Gasteiger charge is -2.62. The number of ether oxygens (including phenoxy) is 1. The van der Waals surface area contributed by atoms with Gasteiger partial charge in [-0.05, 0) is 142 Å². The summed E-state index contributed by atoms with van der Waals surface area (Å²) in [5, 5.41) is 42.5. The number of Topliss-reactive ketones (excluding diaryl/α,β-unsaturated/α-hetero) is 1. The van der Waals surface area contributed by atoms with Crippen molar-refractivity contribution in [3.8, 4) is 5.75 Å². The van der Waals surface area contributed by atoms with E-state index in [0.29, 0.717) is 73.2 Å². The van der Waals surface area contributed by atoms with Crippen LogP contribution in [-0.2, 0) is 16.0 Å². The first-order valence-electron chi connectivity index (χ1n) is 21.0. The zero-order valence-electron chi connectivity index (χ0n) is 33.7. The van der Waals surface area contributed by atoms with E-state index in [1.54, 1.807) is 31.7 Å². The van der Waals surface area contributed by atoms with E-state index in [0.717, 1.165) is 38.5 Å². The summed E-state index contributed by atoms with van der Waals surface area (Å²) in [7, 11) is 0. The lowest BCUT2D eigenvalue weighted by atomic mass is 9.44. The van der Waals surface area contributed by atoms with Gasteiger partial charge in [0, 0.05) is 41.6 Å². The summed E-state index contributed by atoms with van der Waals surface area (Å²) in [6, 6.07) is 6.13. The molecule has 7 aliphatic carbocycles. The maximum atomic E-state index is 16.9. The molecule has 0 bridgehead atoms. The van der Waals surface area contributed by atoms with Crippen molar-refractivity contribution in [1.29, 1.82) is 0 Å². The van der Waals surface area contributed by atoms with E-state index in [1.165, 1.54) is 23.3 Å². The summed E-state index contributed by atoms with van der Waals surface area (Å²) in [5.41, 5.74) is -2.34. The first-order valence-corrected chi connectivity index (χ1v) is 22.1. The van der Waals surface area contributed by atoms with Crippen LogP contribution in [0.2, 0.25) is 0 Å². The van der Waals surface area contributed by atoms with E-state index < -0.39 is 58.5 Å². The quantitative estimate of drug-likeness (QED) is 0.214. The highest BCUT2D eigenvalue weighted by molar-refractivity contribution is 6.18. The molecule has 0 radical (unpaired) electrons. The van der Waals surface area contributed by atoms with E-state index in [4.69, 9.17) is 27.9 Å². The van der Waals surface area contributed by atoms with Crippen LogP contribution >= 0.6 is 23.2 Å². The Bertz CT molecular complexity index is 1820. The van der Waals surface area contributed by atoms with Gasteiger partial charge in [0.2, 0.25) is 0 Å². The number of hydrogen-bond acceptors (Lipinski definition) is 8. The molecule has 57 heavy (non-hydrogen) atoms.